The van der Waals surface area contributed by atoms with E-state index in [1.165, 1.54) is 26.4 Å². The van der Waals surface area contributed by atoms with Gasteiger partial charge in [0.1, 0.15) is 5.60 Å². The van der Waals surface area contributed by atoms with Crippen LogP contribution in [0.2, 0.25) is 0 Å². The molecular formula is C18H36N2O4. The van der Waals surface area contributed by atoms with Crippen molar-refractivity contribution in [1.82, 2.24) is 9.80 Å². The molecule has 0 fully saturated rings. The Bertz CT molecular complexity index is 367. The second-order valence-electron chi connectivity index (χ2n) is 7.17. The summed E-state index contributed by atoms with van der Waals surface area (Å²) in [5, 5.41) is 0. The average Bonchev–Trinajstić information content (AvgIpc) is 2.49. The third kappa shape index (κ3) is 12.2. The Labute approximate surface area is 147 Å². The first-order valence-corrected chi connectivity index (χ1v) is 8.93. The first-order valence-electron chi connectivity index (χ1n) is 8.93. The maximum atomic E-state index is 12.0. The Kier molecular flexibility index (Phi) is 11.5. The van der Waals surface area contributed by atoms with Crippen LogP contribution in [0.3, 0.4) is 0 Å². The van der Waals surface area contributed by atoms with E-state index < -0.39 is 5.60 Å². The van der Waals surface area contributed by atoms with Crippen LogP contribution in [0.15, 0.2) is 0 Å². The first kappa shape index (κ1) is 22.7. The smallest absolute Gasteiger partial charge is 0.410 e. The van der Waals surface area contributed by atoms with Gasteiger partial charge in [0.15, 0.2) is 0 Å². The van der Waals surface area contributed by atoms with Crippen LogP contribution in [-0.4, -0.2) is 67.8 Å². The fourth-order valence-corrected chi connectivity index (χ4v) is 2.18. The Morgan fingerprint density at radius 3 is 2.12 bits per heavy atom. The molecule has 0 atom stereocenters. The van der Waals surface area contributed by atoms with Crippen LogP contribution in [0.5, 0.6) is 0 Å². The van der Waals surface area contributed by atoms with Crippen molar-refractivity contribution >= 4 is 12.1 Å². The molecule has 0 unspecified atom stereocenters. The lowest BCUT2D eigenvalue weighted by atomic mass is 10.1. The number of rotatable bonds is 11. The number of carbonyl (C=O) groups excluding carboxylic acids is 2. The summed E-state index contributed by atoms with van der Waals surface area (Å²) in [6.45, 7) is 9.96. The minimum absolute atomic E-state index is 0.247. The Balaban J connectivity index is 4.32. The molecule has 0 bridgehead atoms. The van der Waals surface area contributed by atoms with Gasteiger partial charge in [0.2, 0.25) is 0 Å². The number of hydrogen-bond acceptors (Lipinski definition) is 5. The van der Waals surface area contributed by atoms with Gasteiger partial charge in [0, 0.05) is 20.1 Å². The highest BCUT2D eigenvalue weighted by Crippen LogP contribution is 2.09. The molecule has 24 heavy (non-hydrogen) atoms. The van der Waals surface area contributed by atoms with Crippen LogP contribution in [0.25, 0.3) is 0 Å². The van der Waals surface area contributed by atoms with E-state index in [-0.39, 0.29) is 18.6 Å². The van der Waals surface area contributed by atoms with Crippen LogP contribution in [0.1, 0.15) is 59.8 Å². The van der Waals surface area contributed by atoms with E-state index in [1.807, 2.05) is 25.7 Å². The summed E-state index contributed by atoms with van der Waals surface area (Å²) in [6, 6.07) is 0. The van der Waals surface area contributed by atoms with Gasteiger partial charge in [-0.1, -0.05) is 32.6 Å². The average molecular weight is 344 g/mol. The van der Waals surface area contributed by atoms with Gasteiger partial charge in [0.25, 0.3) is 0 Å². The molecule has 0 heterocycles. The number of esters is 1. The molecule has 142 valence electrons. The third-order valence-electron chi connectivity index (χ3n) is 3.62. The summed E-state index contributed by atoms with van der Waals surface area (Å²) < 4.78 is 10.1. The monoisotopic (exact) mass is 344 g/mol. The van der Waals surface area contributed by atoms with Crippen molar-refractivity contribution in [3.05, 3.63) is 0 Å². The van der Waals surface area contributed by atoms with Crippen molar-refractivity contribution < 1.29 is 19.1 Å². The van der Waals surface area contributed by atoms with Gasteiger partial charge in [-0.25, -0.2) is 4.79 Å². The largest absolute Gasteiger partial charge is 0.468 e. The predicted molar refractivity (Wildman–Crippen MR) is 96.1 cm³/mol. The van der Waals surface area contributed by atoms with E-state index in [0.717, 1.165) is 19.4 Å². The van der Waals surface area contributed by atoms with Gasteiger partial charge < -0.3 is 14.4 Å². The predicted octanol–water partition coefficient (Wildman–Crippen LogP) is 3.30. The number of unbranched alkanes of at least 4 members (excludes halogenated alkanes) is 4. The number of hydrogen-bond donors (Lipinski definition) is 0. The van der Waals surface area contributed by atoms with E-state index in [1.54, 1.807) is 11.9 Å². The van der Waals surface area contributed by atoms with Crippen molar-refractivity contribution in [2.75, 3.05) is 40.3 Å². The lowest BCUT2D eigenvalue weighted by Gasteiger charge is -2.27. The maximum absolute atomic E-state index is 12.0. The first-order chi connectivity index (χ1) is 11.2. The minimum atomic E-state index is -0.504. The summed E-state index contributed by atoms with van der Waals surface area (Å²) in [5.74, 6) is -0.247. The summed E-state index contributed by atoms with van der Waals surface area (Å²) in [7, 11) is 3.11. The molecule has 0 aromatic rings. The second-order valence-corrected chi connectivity index (χ2v) is 7.17. The molecule has 6 nitrogen and oxygen atoms in total. The van der Waals surface area contributed by atoms with Crippen molar-refractivity contribution in [3.8, 4) is 0 Å². The quantitative estimate of drug-likeness (QED) is 0.425. The molecule has 0 saturated heterocycles. The molecule has 0 aliphatic rings. The highest BCUT2D eigenvalue weighted by Gasteiger charge is 2.20. The standard InChI is InChI=1S/C18H36N2O4/c1-7-8-9-10-11-12-20(15-16(21)23-6)14-13-19(5)17(22)24-18(2,3)4/h7-15H2,1-6H3. The van der Waals surface area contributed by atoms with Gasteiger partial charge in [-0.05, 0) is 33.7 Å². The van der Waals surface area contributed by atoms with E-state index in [0.29, 0.717) is 13.1 Å². The van der Waals surface area contributed by atoms with Crippen molar-refractivity contribution in [2.45, 2.75) is 65.4 Å². The lowest BCUT2D eigenvalue weighted by Crippen LogP contribution is -2.41. The van der Waals surface area contributed by atoms with Crippen LogP contribution < -0.4 is 0 Å². The van der Waals surface area contributed by atoms with Crippen LogP contribution >= 0.6 is 0 Å². The van der Waals surface area contributed by atoms with E-state index in [9.17, 15) is 9.59 Å². The zero-order valence-electron chi connectivity index (χ0n) is 16.4. The fraction of sp³-hybridized carbons (Fsp3) is 0.889. The van der Waals surface area contributed by atoms with E-state index in [2.05, 4.69) is 6.92 Å². The second kappa shape index (κ2) is 12.1. The summed E-state index contributed by atoms with van der Waals surface area (Å²) >= 11 is 0. The number of amides is 1. The molecule has 0 aliphatic carbocycles. The molecular weight excluding hydrogens is 308 g/mol. The molecule has 1 amide bonds. The molecule has 0 aliphatic heterocycles. The number of methoxy groups -OCH3 is 1. The molecule has 0 aromatic heterocycles. The maximum Gasteiger partial charge on any atom is 0.410 e. The molecule has 0 radical (unpaired) electrons. The van der Waals surface area contributed by atoms with Gasteiger partial charge in [-0.15, -0.1) is 0 Å². The third-order valence-corrected chi connectivity index (χ3v) is 3.62. The Morgan fingerprint density at radius 1 is 0.958 bits per heavy atom. The zero-order chi connectivity index (χ0) is 18.6. The lowest BCUT2D eigenvalue weighted by molar-refractivity contribution is -0.141. The molecule has 0 N–H and O–H groups in total. The van der Waals surface area contributed by atoms with Crippen LogP contribution in [-0.2, 0) is 14.3 Å². The molecule has 6 heteroatoms. The molecule has 0 spiro atoms. The minimum Gasteiger partial charge on any atom is -0.468 e. The number of ether oxygens (including phenoxy) is 2. The Hall–Kier alpha value is -1.30. The van der Waals surface area contributed by atoms with Gasteiger partial charge in [-0.2, -0.15) is 0 Å². The number of likely N-dealkylation sites (N-methyl/N-ethyl adjacent to an activating group) is 1. The summed E-state index contributed by atoms with van der Waals surface area (Å²) in [4.78, 5) is 27.1. The number of carbonyl (C=O) groups is 2. The van der Waals surface area contributed by atoms with Gasteiger partial charge in [0.05, 0.1) is 13.7 Å². The topological polar surface area (TPSA) is 59.1 Å². The van der Waals surface area contributed by atoms with Gasteiger partial charge in [-0.3, -0.25) is 9.69 Å². The Morgan fingerprint density at radius 2 is 1.58 bits per heavy atom. The SMILES string of the molecule is CCCCCCCN(CCN(C)C(=O)OC(C)(C)C)CC(=O)OC. The van der Waals surface area contributed by atoms with E-state index >= 15 is 0 Å². The fourth-order valence-electron chi connectivity index (χ4n) is 2.18. The zero-order valence-corrected chi connectivity index (χ0v) is 16.4. The molecule has 0 rings (SSSR count). The van der Waals surface area contributed by atoms with Crippen LogP contribution in [0.4, 0.5) is 4.79 Å². The van der Waals surface area contributed by atoms with E-state index in [4.69, 9.17) is 9.47 Å². The highest BCUT2D eigenvalue weighted by molar-refractivity contribution is 5.71. The summed E-state index contributed by atoms with van der Waals surface area (Å²) in [5.41, 5.74) is -0.504. The van der Waals surface area contributed by atoms with Crippen molar-refractivity contribution in [2.24, 2.45) is 0 Å². The summed E-state index contributed by atoms with van der Waals surface area (Å²) in [6.07, 6.45) is 5.55. The highest BCUT2D eigenvalue weighted by atomic mass is 16.6. The number of nitrogens with zero attached hydrogens (tertiary/aromatic N) is 2. The van der Waals surface area contributed by atoms with Crippen LogP contribution in [0, 0.1) is 0 Å². The molecule has 0 aromatic carbocycles. The normalized spacial score (nSPS) is 11.5. The van der Waals surface area contributed by atoms with Crippen molar-refractivity contribution in [3.63, 3.8) is 0 Å². The van der Waals surface area contributed by atoms with Crippen molar-refractivity contribution in [1.29, 1.82) is 0 Å². The molecule has 0 saturated carbocycles. The van der Waals surface area contributed by atoms with Gasteiger partial charge >= 0.3 is 12.1 Å².